The first kappa shape index (κ1) is 18.6. The number of carbonyl (C=O) groups is 2. The van der Waals surface area contributed by atoms with Crippen molar-refractivity contribution in [3.05, 3.63) is 69.3 Å². The van der Waals surface area contributed by atoms with E-state index in [1.165, 1.54) is 25.1 Å². The van der Waals surface area contributed by atoms with Crippen LogP contribution >= 0.6 is 0 Å². The maximum atomic E-state index is 12.9. The first-order valence-corrected chi connectivity index (χ1v) is 8.66. The highest BCUT2D eigenvalue weighted by atomic mass is 16.6. The minimum atomic E-state index is -0.971. The molecule has 0 unspecified atom stereocenters. The third-order valence-electron chi connectivity index (χ3n) is 4.71. The van der Waals surface area contributed by atoms with E-state index in [1.54, 1.807) is 11.8 Å². The van der Waals surface area contributed by atoms with E-state index in [9.17, 15) is 19.7 Å². The highest BCUT2D eigenvalue weighted by Gasteiger charge is 2.34. The Morgan fingerprint density at radius 1 is 1.26 bits per heavy atom. The van der Waals surface area contributed by atoms with Crippen molar-refractivity contribution >= 4 is 23.3 Å². The van der Waals surface area contributed by atoms with Gasteiger partial charge in [-0.15, -0.1) is 0 Å². The molecule has 1 amide bonds. The van der Waals surface area contributed by atoms with Crippen LogP contribution in [0.2, 0.25) is 0 Å². The number of nitrogens with zero attached hydrogens (tertiary/aromatic N) is 2. The Bertz CT molecular complexity index is 924. The molecule has 0 bridgehead atoms. The second kappa shape index (κ2) is 7.19. The number of amides is 1. The van der Waals surface area contributed by atoms with E-state index >= 15 is 0 Å². The number of anilines is 1. The van der Waals surface area contributed by atoms with E-state index < -0.39 is 17.0 Å². The lowest BCUT2D eigenvalue weighted by molar-refractivity contribution is -0.385. The third-order valence-corrected chi connectivity index (χ3v) is 4.71. The van der Waals surface area contributed by atoms with E-state index in [0.717, 1.165) is 17.7 Å². The van der Waals surface area contributed by atoms with Crippen LogP contribution in [0.25, 0.3) is 0 Å². The van der Waals surface area contributed by atoms with Crippen LogP contribution < -0.4 is 4.90 Å². The van der Waals surface area contributed by atoms with Crippen molar-refractivity contribution in [2.75, 3.05) is 4.90 Å². The fourth-order valence-corrected chi connectivity index (χ4v) is 3.36. The van der Waals surface area contributed by atoms with Gasteiger partial charge < -0.3 is 9.64 Å². The van der Waals surface area contributed by atoms with Gasteiger partial charge in [-0.3, -0.25) is 14.9 Å². The molecule has 27 heavy (non-hydrogen) atoms. The number of fused-ring (bicyclic) bond motifs is 1. The molecule has 0 N–H and O–H groups in total. The number of carbonyl (C=O) groups excluding carboxylic acids is 2. The zero-order valence-corrected chi connectivity index (χ0v) is 15.3. The number of hydrogen-bond donors (Lipinski definition) is 0. The summed E-state index contributed by atoms with van der Waals surface area (Å²) in [4.78, 5) is 37.3. The molecule has 1 aliphatic heterocycles. The minimum absolute atomic E-state index is 0.0160. The van der Waals surface area contributed by atoms with Crippen molar-refractivity contribution in [1.82, 2.24) is 0 Å². The van der Waals surface area contributed by atoms with E-state index in [1.807, 2.05) is 31.2 Å². The number of esters is 1. The summed E-state index contributed by atoms with van der Waals surface area (Å²) in [6.45, 7) is 5.03. The van der Waals surface area contributed by atoms with Gasteiger partial charge in [0.2, 0.25) is 0 Å². The van der Waals surface area contributed by atoms with Gasteiger partial charge in [-0.2, -0.15) is 0 Å². The predicted molar refractivity (Wildman–Crippen MR) is 99.8 cm³/mol. The van der Waals surface area contributed by atoms with Crippen LogP contribution in [-0.4, -0.2) is 28.9 Å². The van der Waals surface area contributed by atoms with Gasteiger partial charge in [0.15, 0.2) is 6.10 Å². The molecule has 7 heteroatoms. The van der Waals surface area contributed by atoms with Crippen LogP contribution in [0.4, 0.5) is 11.4 Å². The Balaban J connectivity index is 1.74. The molecule has 1 heterocycles. The summed E-state index contributed by atoms with van der Waals surface area (Å²) in [5.74, 6) is -0.978. The first-order chi connectivity index (χ1) is 12.8. The highest BCUT2D eigenvalue weighted by Crippen LogP contribution is 2.32. The molecule has 2 aromatic rings. The maximum absolute atomic E-state index is 12.9. The third kappa shape index (κ3) is 3.53. The molecule has 0 saturated carbocycles. The van der Waals surface area contributed by atoms with Crippen LogP contribution in [0, 0.1) is 17.0 Å². The zero-order valence-electron chi connectivity index (χ0n) is 15.3. The standard InChI is InChI=1S/C20H20N2O5/c1-12-10-16(8-9-17(12)22(25)26)20(24)27-14(3)19(23)21-13(2)11-15-6-4-5-7-18(15)21/h4-10,13-14H,11H2,1-3H3/t13-,14-/m1/s1. The molecule has 3 rings (SSSR count). The lowest BCUT2D eigenvalue weighted by Gasteiger charge is -2.26. The number of nitro groups is 1. The Labute approximate surface area is 156 Å². The van der Waals surface area contributed by atoms with Gasteiger partial charge in [-0.05, 0) is 51.0 Å². The summed E-state index contributed by atoms with van der Waals surface area (Å²) in [6.07, 6.45) is -0.217. The van der Waals surface area contributed by atoms with E-state index in [4.69, 9.17) is 4.74 Å². The zero-order chi connectivity index (χ0) is 19.7. The number of benzene rings is 2. The molecule has 0 spiro atoms. The number of hydrogen-bond acceptors (Lipinski definition) is 5. The molecule has 7 nitrogen and oxygen atoms in total. The molecule has 0 saturated heterocycles. The second-order valence-electron chi connectivity index (χ2n) is 6.70. The summed E-state index contributed by atoms with van der Waals surface area (Å²) in [5, 5.41) is 10.9. The van der Waals surface area contributed by atoms with Crippen molar-refractivity contribution in [1.29, 1.82) is 0 Å². The molecular weight excluding hydrogens is 348 g/mol. The van der Waals surface area contributed by atoms with Crippen molar-refractivity contribution < 1.29 is 19.2 Å². The lowest BCUT2D eigenvalue weighted by Crippen LogP contribution is -2.43. The Kier molecular flexibility index (Phi) is 4.94. The Morgan fingerprint density at radius 2 is 1.96 bits per heavy atom. The lowest BCUT2D eigenvalue weighted by atomic mass is 10.1. The fourth-order valence-electron chi connectivity index (χ4n) is 3.36. The van der Waals surface area contributed by atoms with Crippen LogP contribution in [0.1, 0.15) is 35.3 Å². The van der Waals surface area contributed by atoms with Crippen LogP contribution in [0.3, 0.4) is 0 Å². The second-order valence-corrected chi connectivity index (χ2v) is 6.70. The van der Waals surface area contributed by atoms with Crippen LogP contribution in [-0.2, 0) is 16.0 Å². The Hall–Kier alpha value is -3.22. The van der Waals surface area contributed by atoms with E-state index in [2.05, 4.69) is 0 Å². The summed E-state index contributed by atoms with van der Waals surface area (Å²) >= 11 is 0. The number of nitro benzene ring substituents is 1. The average molecular weight is 368 g/mol. The molecule has 0 aliphatic carbocycles. The van der Waals surface area contributed by atoms with Crippen LogP contribution in [0.5, 0.6) is 0 Å². The van der Waals surface area contributed by atoms with Gasteiger partial charge in [0.1, 0.15) is 0 Å². The van der Waals surface area contributed by atoms with Gasteiger partial charge >= 0.3 is 5.97 Å². The first-order valence-electron chi connectivity index (χ1n) is 8.66. The largest absolute Gasteiger partial charge is 0.449 e. The quantitative estimate of drug-likeness (QED) is 0.468. The molecule has 0 aromatic heterocycles. The number of para-hydroxylation sites is 1. The van der Waals surface area contributed by atoms with Gasteiger partial charge in [0.05, 0.1) is 10.5 Å². The molecule has 0 radical (unpaired) electrons. The monoisotopic (exact) mass is 368 g/mol. The minimum Gasteiger partial charge on any atom is -0.449 e. The molecular formula is C20H20N2O5. The molecule has 2 aromatic carbocycles. The highest BCUT2D eigenvalue weighted by molar-refractivity contribution is 6.01. The number of ether oxygens (including phenoxy) is 1. The number of rotatable bonds is 4. The van der Waals surface area contributed by atoms with Crippen LogP contribution in [0.15, 0.2) is 42.5 Å². The fraction of sp³-hybridized carbons (Fsp3) is 0.300. The summed E-state index contributed by atoms with van der Waals surface area (Å²) in [5.41, 5.74) is 2.38. The average Bonchev–Trinajstić information content (AvgIpc) is 2.96. The van der Waals surface area contributed by atoms with Gasteiger partial charge in [-0.1, -0.05) is 18.2 Å². The summed E-state index contributed by atoms with van der Waals surface area (Å²) in [6, 6.07) is 11.6. The normalized spacial score (nSPS) is 16.6. The van der Waals surface area contributed by atoms with E-state index in [-0.39, 0.29) is 23.2 Å². The topological polar surface area (TPSA) is 89.8 Å². The SMILES string of the molecule is Cc1cc(C(=O)O[C@H](C)C(=O)N2c3ccccc3C[C@H]2C)ccc1[N+](=O)[O-]. The predicted octanol–water partition coefficient (Wildman–Crippen LogP) is 3.43. The van der Waals surface area contributed by atoms with Gasteiger partial charge in [-0.25, -0.2) is 4.79 Å². The summed E-state index contributed by atoms with van der Waals surface area (Å²) < 4.78 is 5.33. The summed E-state index contributed by atoms with van der Waals surface area (Å²) in [7, 11) is 0. The molecule has 140 valence electrons. The molecule has 2 atom stereocenters. The number of aryl methyl sites for hydroxylation is 1. The smallest absolute Gasteiger partial charge is 0.338 e. The van der Waals surface area contributed by atoms with Crippen molar-refractivity contribution in [2.24, 2.45) is 0 Å². The van der Waals surface area contributed by atoms with Gasteiger partial charge in [0.25, 0.3) is 11.6 Å². The van der Waals surface area contributed by atoms with E-state index in [0.29, 0.717) is 5.56 Å². The molecule has 0 fully saturated rings. The van der Waals surface area contributed by atoms with Crippen molar-refractivity contribution in [3.8, 4) is 0 Å². The van der Waals surface area contributed by atoms with Gasteiger partial charge in [0, 0.05) is 23.4 Å². The van der Waals surface area contributed by atoms with Crippen molar-refractivity contribution in [3.63, 3.8) is 0 Å². The molecule has 1 aliphatic rings. The Morgan fingerprint density at radius 3 is 2.63 bits per heavy atom. The van der Waals surface area contributed by atoms with Crippen molar-refractivity contribution in [2.45, 2.75) is 39.3 Å². The maximum Gasteiger partial charge on any atom is 0.338 e.